The lowest BCUT2D eigenvalue weighted by Gasteiger charge is -2.03. The monoisotopic (exact) mass is 274 g/mol. The molecule has 1 heterocycles. The number of nitrogens with two attached hydrogens (primary N) is 1. The zero-order valence-electron chi connectivity index (χ0n) is 9.90. The lowest BCUT2D eigenvalue weighted by molar-refractivity contribution is 0.577. The molecule has 1 fully saturated rings. The van der Waals surface area contributed by atoms with Crippen molar-refractivity contribution < 1.29 is 8.42 Å². The fourth-order valence-electron chi connectivity index (χ4n) is 1.70. The van der Waals surface area contributed by atoms with E-state index >= 15 is 0 Å². The molecule has 2 rings (SSSR count). The van der Waals surface area contributed by atoms with E-state index in [1.807, 2.05) is 6.92 Å². The SMILES string of the molecule is Cc1cc(S(=O)(=O)NCCC2CC2)sc1CN. The molecule has 0 aliphatic heterocycles. The summed E-state index contributed by atoms with van der Waals surface area (Å²) in [6.45, 7) is 2.83. The quantitative estimate of drug-likeness (QED) is 0.827. The smallest absolute Gasteiger partial charge is 0.250 e. The molecule has 3 N–H and O–H groups in total. The van der Waals surface area contributed by atoms with E-state index in [1.54, 1.807) is 6.07 Å². The highest BCUT2D eigenvalue weighted by Crippen LogP contribution is 2.32. The third-order valence-corrected chi connectivity index (χ3v) is 6.18. The Bertz CT molecular complexity index is 490. The van der Waals surface area contributed by atoms with Gasteiger partial charge in [-0.05, 0) is 30.9 Å². The molecule has 0 saturated heterocycles. The molecule has 4 nitrogen and oxygen atoms in total. The fraction of sp³-hybridized carbons (Fsp3) is 0.636. The number of hydrogen-bond acceptors (Lipinski definition) is 4. The Morgan fingerprint density at radius 3 is 2.76 bits per heavy atom. The van der Waals surface area contributed by atoms with Gasteiger partial charge in [-0.2, -0.15) is 0 Å². The van der Waals surface area contributed by atoms with Gasteiger partial charge in [-0.25, -0.2) is 13.1 Å². The zero-order chi connectivity index (χ0) is 12.5. The lowest BCUT2D eigenvalue weighted by Crippen LogP contribution is -2.24. The van der Waals surface area contributed by atoms with Gasteiger partial charge in [-0.3, -0.25) is 0 Å². The van der Waals surface area contributed by atoms with Gasteiger partial charge in [0.1, 0.15) is 4.21 Å². The average Bonchev–Trinajstić information content (AvgIpc) is 3.00. The standard InChI is InChI=1S/C11H18N2O2S2/c1-8-6-11(16-10(8)7-12)17(14,15)13-5-4-9-2-3-9/h6,9,13H,2-5,7,12H2,1H3. The second-order valence-electron chi connectivity index (χ2n) is 4.51. The Balaban J connectivity index is 2.01. The van der Waals surface area contributed by atoms with Crippen molar-refractivity contribution in [1.82, 2.24) is 4.72 Å². The molecule has 1 aliphatic rings. The van der Waals surface area contributed by atoms with E-state index in [9.17, 15) is 8.42 Å². The Hall–Kier alpha value is -0.430. The molecular formula is C11H18N2O2S2. The molecule has 6 heteroatoms. The molecule has 1 saturated carbocycles. The summed E-state index contributed by atoms with van der Waals surface area (Å²) >= 11 is 1.27. The molecular weight excluding hydrogens is 256 g/mol. The van der Waals surface area contributed by atoms with Crippen LogP contribution in [0.2, 0.25) is 0 Å². The Labute approximate surface area is 106 Å². The summed E-state index contributed by atoms with van der Waals surface area (Å²) in [5.74, 6) is 0.738. The minimum absolute atomic E-state index is 0.381. The van der Waals surface area contributed by atoms with Crippen LogP contribution in [0.25, 0.3) is 0 Å². The third-order valence-electron chi connectivity index (χ3n) is 2.99. The van der Waals surface area contributed by atoms with Crippen LogP contribution in [0.3, 0.4) is 0 Å². The molecule has 0 amide bonds. The molecule has 1 aromatic heterocycles. The van der Waals surface area contributed by atoms with Crippen LogP contribution in [0.4, 0.5) is 0 Å². The van der Waals surface area contributed by atoms with Gasteiger partial charge >= 0.3 is 0 Å². The van der Waals surface area contributed by atoms with E-state index in [0.717, 1.165) is 22.8 Å². The number of hydrogen-bond donors (Lipinski definition) is 2. The van der Waals surface area contributed by atoms with Gasteiger partial charge in [0.15, 0.2) is 0 Å². The van der Waals surface area contributed by atoms with Crippen LogP contribution in [0.5, 0.6) is 0 Å². The van der Waals surface area contributed by atoms with E-state index < -0.39 is 10.0 Å². The van der Waals surface area contributed by atoms with Gasteiger partial charge in [0, 0.05) is 18.0 Å². The van der Waals surface area contributed by atoms with Crippen molar-refractivity contribution in [3.63, 3.8) is 0 Å². The molecule has 96 valence electrons. The number of nitrogens with one attached hydrogen (secondary N) is 1. The maximum Gasteiger partial charge on any atom is 0.250 e. The number of thiophene rings is 1. The first-order chi connectivity index (χ1) is 8.03. The molecule has 1 aliphatic carbocycles. The van der Waals surface area contributed by atoms with Crippen LogP contribution in [-0.4, -0.2) is 15.0 Å². The topological polar surface area (TPSA) is 72.2 Å². The highest BCUT2D eigenvalue weighted by Gasteiger charge is 2.23. The summed E-state index contributed by atoms with van der Waals surface area (Å²) in [6.07, 6.45) is 3.45. The van der Waals surface area contributed by atoms with Gasteiger partial charge < -0.3 is 5.73 Å². The molecule has 0 aromatic carbocycles. The summed E-state index contributed by atoms with van der Waals surface area (Å²) in [5.41, 5.74) is 6.51. The molecule has 17 heavy (non-hydrogen) atoms. The molecule has 0 unspecified atom stereocenters. The molecule has 0 spiro atoms. The predicted octanol–water partition coefficient (Wildman–Crippen LogP) is 1.59. The van der Waals surface area contributed by atoms with Crippen LogP contribution >= 0.6 is 11.3 Å². The number of rotatable bonds is 6. The Morgan fingerprint density at radius 2 is 2.24 bits per heavy atom. The minimum Gasteiger partial charge on any atom is -0.326 e. The maximum absolute atomic E-state index is 12.0. The van der Waals surface area contributed by atoms with E-state index in [0.29, 0.717) is 17.3 Å². The van der Waals surface area contributed by atoms with E-state index in [-0.39, 0.29) is 0 Å². The molecule has 0 radical (unpaired) electrons. The largest absolute Gasteiger partial charge is 0.326 e. The van der Waals surface area contributed by atoms with Gasteiger partial charge in [0.05, 0.1) is 0 Å². The third kappa shape index (κ3) is 3.28. The predicted molar refractivity (Wildman–Crippen MR) is 69.5 cm³/mol. The summed E-state index contributed by atoms with van der Waals surface area (Å²) in [6, 6.07) is 1.70. The first kappa shape index (κ1) is 13.0. The van der Waals surface area contributed by atoms with E-state index in [4.69, 9.17) is 5.73 Å². The van der Waals surface area contributed by atoms with Crippen molar-refractivity contribution in [3.8, 4) is 0 Å². The summed E-state index contributed by atoms with van der Waals surface area (Å²) < 4.78 is 27.0. The van der Waals surface area contributed by atoms with Crippen molar-refractivity contribution in [3.05, 3.63) is 16.5 Å². The highest BCUT2D eigenvalue weighted by molar-refractivity contribution is 7.91. The number of aryl methyl sites for hydroxylation is 1. The summed E-state index contributed by atoms with van der Waals surface area (Å²) in [5, 5.41) is 0. The zero-order valence-corrected chi connectivity index (χ0v) is 11.5. The first-order valence-corrected chi connectivity index (χ1v) is 8.12. The van der Waals surface area contributed by atoms with Crippen LogP contribution in [0.15, 0.2) is 10.3 Å². The van der Waals surface area contributed by atoms with Crippen molar-refractivity contribution in [1.29, 1.82) is 0 Å². The van der Waals surface area contributed by atoms with Gasteiger partial charge in [-0.1, -0.05) is 12.8 Å². The van der Waals surface area contributed by atoms with Crippen LogP contribution in [-0.2, 0) is 16.6 Å². The average molecular weight is 274 g/mol. The molecule has 0 atom stereocenters. The Morgan fingerprint density at radius 1 is 1.53 bits per heavy atom. The van der Waals surface area contributed by atoms with Crippen LogP contribution in [0, 0.1) is 12.8 Å². The fourth-order valence-corrected chi connectivity index (χ4v) is 4.26. The van der Waals surface area contributed by atoms with E-state index in [1.165, 1.54) is 24.2 Å². The highest BCUT2D eigenvalue weighted by atomic mass is 32.2. The van der Waals surface area contributed by atoms with Gasteiger partial charge in [0.2, 0.25) is 10.0 Å². The van der Waals surface area contributed by atoms with Crippen LogP contribution in [0.1, 0.15) is 29.7 Å². The molecule has 0 bridgehead atoms. The van der Waals surface area contributed by atoms with Crippen molar-refractivity contribution in [2.45, 2.75) is 36.9 Å². The second kappa shape index (κ2) is 5.06. The van der Waals surface area contributed by atoms with Gasteiger partial charge in [-0.15, -0.1) is 11.3 Å². The lowest BCUT2D eigenvalue weighted by atomic mass is 10.3. The first-order valence-electron chi connectivity index (χ1n) is 5.82. The maximum atomic E-state index is 12.0. The minimum atomic E-state index is -3.33. The van der Waals surface area contributed by atoms with E-state index in [2.05, 4.69) is 4.72 Å². The van der Waals surface area contributed by atoms with Gasteiger partial charge in [0.25, 0.3) is 0 Å². The summed E-state index contributed by atoms with van der Waals surface area (Å²) in [4.78, 5) is 0.938. The molecule has 1 aromatic rings. The van der Waals surface area contributed by atoms with Crippen LogP contribution < -0.4 is 10.5 Å². The van der Waals surface area contributed by atoms with Crippen molar-refractivity contribution in [2.75, 3.05) is 6.54 Å². The second-order valence-corrected chi connectivity index (χ2v) is 7.64. The van der Waals surface area contributed by atoms with Crippen molar-refractivity contribution in [2.24, 2.45) is 11.7 Å². The normalized spacial score (nSPS) is 16.4. The number of sulfonamides is 1. The van der Waals surface area contributed by atoms with Crippen molar-refractivity contribution >= 4 is 21.4 Å². The summed E-state index contributed by atoms with van der Waals surface area (Å²) in [7, 11) is -3.33. The Kier molecular flexibility index (Phi) is 3.87.